The number of ether oxygens (including phenoxy) is 2. The summed E-state index contributed by atoms with van der Waals surface area (Å²) < 4.78 is 59.6. The average Bonchev–Trinajstić information content (AvgIpc) is 3.47. The summed E-state index contributed by atoms with van der Waals surface area (Å²) in [5.41, 5.74) is 2.61. The molecule has 0 aliphatic carbocycles. The molecular formula is C40H41BN2O5PS2. The first-order chi connectivity index (χ1) is 24.0. The molecule has 0 spiro atoms. The Morgan fingerprint density at radius 2 is 1.25 bits per heavy atom. The van der Waals surface area contributed by atoms with E-state index in [9.17, 15) is 13.0 Å². The van der Waals surface area contributed by atoms with Crippen molar-refractivity contribution in [1.29, 1.82) is 0 Å². The molecule has 0 aliphatic rings. The second-order valence-corrected chi connectivity index (χ2v) is 18.8. The van der Waals surface area contributed by atoms with Crippen LogP contribution in [-0.2, 0) is 27.5 Å². The molecular weight excluding hydrogens is 694 g/mol. The van der Waals surface area contributed by atoms with Crippen molar-refractivity contribution in [3.05, 3.63) is 150 Å². The van der Waals surface area contributed by atoms with E-state index in [-0.39, 0.29) is 13.3 Å². The lowest BCUT2D eigenvalue weighted by Gasteiger charge is -2.30. The van der Waals surface area contributed by atoms with E-state index in [0.717, 1.165) is 27.1 Å². The first-order valence-electron chi connectivity index (χ1n) is 16.2. The molecule has 1 heterocycles. The van der Waals surface area contributed by atoms with Gasteiger partial charge in [0.25, 0.3) is 10.0 Å². The molecule has 2 atom stereocenters. The Kier molecular flexibility index (Phi) is 12.1. The van der Waals surface area contributed by atoms with Crippen LogP contribution in [0.1, 0.15) is 43.6 Å². The molecule has 11 heteroatoms. The van der Waals surface area contributed by atoms with Crippen LogP contribution in [-0.4, -0.2) is 44.3 Å². The molecule has 1 aromatic heterocycles. The Hall–Kier alpha value is -4.05. The Morgan fingerprint density at radius 1 is 0.765 bits per heavy atom. The Morgan fingerprint density at radius 3 is 1.76 bits per heavy atom. The summed E-state index contributed by atoms with van der Waals surface area (Å²) in [6, 6.07) is 41.4. The van der Waals surface area contributed by atoms with Crippen LogP contribution in [0.25, 0.3) is 10.9 Å². The highest BCUT2D eigenvalue weighted by Gasteiger charge is 2.37. The number of rotatable bonds is 12. The van der Waals surface area contributed by atoms with Crippen molar-refractivity contribution in [2.24, 2.45) is 0 Å². The summed E-state index contributed by atoms with van der Waals surface area (Å²) in [7, 11) is -2.04. The third kappa shape index (κ3) is 8.06. The highest BCUT2D eigenvalue weighted by molar-refractivity contribution is 7.91. The quantitative estimate of drug-likeness (QED) is 0.0807. The Labute approximate surface area is 307 Å². The fourth-order valence-corrected chi connectivity index (χ4v) is 10.8. The van der Waals surface area contributed by atoms with Gasteiger partial charge in [-0.25, -0.2) is 12.4 Å². The van der Waals surface area contributed by atoms with Crippen molar-refractivity contribution in [2.75, 3.05) is 14.2 Å². The summed E-state index contributed by atoms with van der Waals surface area (Å²) in [5, 5.41) is 2.96. The maximum absolute atomic E-state index is 14.9. The zero-order chi connectivity index (χ0) is 35.5. The first-order valence-corrected chi connectivity index (χ1v) is 20.4. The zero-order valence-electron chi connectivity index (χ0n) is 29.3. The third-order valence-corrected chi connectivity index (χ3v) is 14.3. The fraction of sp³-hybridized carbons (Fsp3) is 0.200. The Balaban J connectivity index is 0.00000504. The first kappa shape index (κ1) is 38.2. The second-order valence-electron chi connectivity index (χ2n) is 12.8. The molecule has 261 valence electrons. The van der Waals surface area contributed by atoms with Gasteiger partial charge >= 0.3 is 0 Å². The van der Waals surface area contributed by atoms with Gasteiger partial charge in [-0.15, -0.1) is 4.72 Å². The molecule has 0 saturated carbocycles. The van der Waals surface area contributed by atoms with E-state index < -0.39 is 40.1 Å². The normalized spacial score (nSPS) is 13.1. The zero-order valence-corrected chi connectivity index (χ0v) is 31.8. The average molecular weight is 736 g/mol. The van der Waals surface area contributed by atoms with E-state index in [1.54, 1.807) is 50.6 Å². The molecule has 0 amide bonds. The molecule has 0 bridgehead atoms. The van der Waals surface area contributed by atoms with Crippen LogP contribution in [0.5, 0.6) is 11.5 Å². The smallest absolute Gasteiger partial charge is 0.268 e. The number of fused-ring (bicyclic) bond motifs is 1. The monoisotopic (exact) mass is 735 g/mol. The lowest BCUT2D eigenvalue weighted by molar-refractivity contribution is 0.392. The molecule has 51 heavy (non-hydrogen) atoms. The third-order valence-electron chi connectivity index (χ3n) is 8.47. The summed E-state index contributed by atoms with van der Waals surface area (Å²) in [4.78, 5) is 0.183. The van der Waals surface area contributed by atoms with E-state index in [0.29, 0.717) is 28.9 Å². The number of nitrogens with one attached hydrogen (secondary N) is 1. The number of hydrogen-bond donors (Lipinski definition) is 1. The van der Waals surface area contributed by atoms with E-state index in [1.807, 2.05) is 93.6 Å². The van der Waals surface area contributed by atoms with Crippen LogP contribution >= 0.6 is 7.92 Å². The highest BCUT2D eigenvalue weighted by Crippen LogP contribution is 2.46. The lowest BCUT2D eigenvalue weighted by Crippen LogP contribution is -2.41. The summed E-state index contributed by atoms with van der Waals surface area (Å²) in [6.45, 7) is 5.73. The molecule has 5 aromatic carbocycles. The number of hydrogen-bond acceptors (Lipinski definition) is 6. The summed E-state index contributed by atoms with van der Waals surface area (Å²) in [6.07, 6.45) is 0.390. The largest absolute Gasteiger partial charge is 0.598 e. The molecule has 0 aliphatic heterocycles. The maximum atomic E-state index is 14.9. The van der Waals surface area contributed by atoms with Gasteiger partial charge in [-0.3, -0.25) is 0 Å². The molecule has 3 radical (unpaired) electrons. The minimum absolute atomic E-state index is 0. The van der Waals surface area contributed by atoms with Crippen molar-refractivity contribution in [2.45, 2.75) is 42.6 Å². The van der Waals surface area contributed by atoms with Crippen LogP contribution in [0.15, 0.2) is 138 Å². The predicted octanol–water partition coefficient (Wildman–Crippen LogP) is 7.29. The van der Waals surface area contributed by atoms with Crippen LogP contribution < -0.4 is 24.8 Å². The fourth-order valence-electron chi connectivity index (χ4n) is 6.00. The Bertz CT molecular complexity index is 2120. The van der Waals surface area contributed by atoms with Gasteiger partial charge in [-0.2, -0.15) is 0 Å². The molecule has 0 fully saturated rings. The minimum atomic E-state index is -4.11. The minimum Gasteiger partial charge on any atom is -0.598 e. The van der Waals surface area contributed by atoms with Gasteiger partial charge in [0.05, 0.1) is 24.6 Å². The van der Waals surface area contributed by atoms with E-state index >= 15 is 0 Å². The van der Waals surface area contributed by atoms with Crippen molar-refractivity contribution >= 4 is 59.2 Å². The van der Waals surface area contributed by atoms with E-state index in [4.69, 9.17) is 9.47 Å². The van der Waals surface area contributed by atoms with Gasteiger partial charge in [0.2, 0.25) is 0 Å². The van der Waals surface area contributed by atoms with Gasteiger partial charge in [-0.1, -0.05) is 97.1 Å². The number of benzene rings is 5. The molecule has 6 aromatic rings. The number of nitrogens with zero attached hydrogens (tertiary/aromatic N) is 1. The lowest BCUT2D eigenvalue weighted by atomic mass is 9.96. The van der Waals surface area contributed by atoms with E-state index in [1.165, 1.54) is 3.97 Å². The predicted molar refractivity (Wildman–Crippen MR) is 212 cm³/mol. The molecule has 2 unspecified atom stereocenters. The topological polar surface area (TPSA) is 92.6 Å². The van der Waals surface area contributed by atoms with Gasteiger partial charge in [-0.05, 0) is 75.2 Å². The number of aromatic nitrogens is 1. The van der Waals surface area contributed by atoms with Gasteiger partial charge in [0.1, 0.15) is 22.3 Å². The summed E-state index contributed by atoms with van der Waals surface area (Å²) >= 11 is -1.55. The van der Waals surface area contributed by atoms with Crippen LogP contribution in [0.3, 0.4) is 0 Å². The van der Waals surface area contributed by atoms with Crippen LogP contribution in [0.2, 0.25) is 0 Å². The highest BCUT2D eigenvalue weighted by atomic mass is 32.2. The van der Waals surface area contributed by atoms with Gasteiger partial charge in [0, 0.05) is 48.6 Å². The van der Waals surface area contributed by atoms with Gasteiger partial charge in [0.15, 0.2) is 0 Å². The SMILES string of the molecule is COc1cc(OC)cc(C(N[S+]([O-])C(C)(C)C)c2c(CP(c3ccccc3)c3ccccc3)n(S(=O)(=O)c3ccccc3)c3ccccc23)c1.[B]. The van der Waals surface area contributed by atoms with Crippen molar-refractivity contribution < 1.29 is 22.4 Å². The van der Waals surface area contributed by atoms with Crippen molar-refractivity contribution in [3.8, 4) is 11.5 Å². The molecule has 0 saturated heterocycles. The van der Waals surface area contributed by atoms with Crippen molar-refractivity contribution in [1.82, 2.24) is 8.69 Å². The van der Waals surface area contributed by atoms with Crippen LogP contribution in [0.4, 0.5) is 0 Å². The van der Waals surface area contributed by atoms with Crippen molar-refractivity contribution in [3.63, 3.8) is 0 Å². The standard InChI is InChI=1S/C40H41N2O5PS2.B/c1-40(2,3)49(43)41-39(29-25-30(46-4)27-31(26-29)47-5)38-35-23-15-16-24-36(35)42(50(44,45)34-21-13-8-14-22-34)37(38)28-48(32-17-9-6-10-18-32)33-19-11-7-12-20-33;/h6-27,39,41H,28H2,1-5H3;. The number of para-hydroxylation sites is 1. The van der Waals surface area contributed by atoms with E-state index in [2.05, 4.69) is 29.0 Å². The van der Waals surface area contributed by atoms with Gasteiger partial charge < -0.3 is 14.0 Å². The van der Waals surface area contributed by atoms with Crippen LogP contribution in [0, 0.1) is 0 Å². The second kappa shape index (κ2) is 16.1. The molecule has 1 N–H and O–H groups in total. The molecule has 6 rings (SSSR count). The summed E-state index contributed by atoms with van der Waals surface area (Å²) in [5.74, 6) is 1.12. The number of methoxy groups -OCH3 is 2. The molecule has 7 nitrogen and oxygen atoms in total. The maximum Gasteiger partial charge on any atom is 0.268 e.